The number of carbonyl (C=O) groups excluding carboxylic acids is 1. The van der Waals surface area contributed by atoms with Crippen LogP contribution in [0.3, 0.4) is 0 Å². The molecular weight excluding hydrogens is 294 g/mol. The predicted molar refractivity (Wildman–Crippen MR) is 85.1 cm³/mol. The number of likely N-dealkylation sites (tertiary alicyclic amines) is 1. The van der Waals surface area contributed by atoms with Crippen LogP contribution in [0.15, 0.2) is 24.3 Å². The zero-order valence-electron chi connectivity index (χ0n) is 13.4. The molecule has 124 valence electrons. The van der Waals surface area contributed by atoms with Gasteiger partial charge in [0.05, 0.1) is 6.10 Å². The summed E-state index contributed by atoms with van der Waals surface area (Å²) in [4.78, 5) is 25.5. The summed E-state index contributed by atoms with van der Waals surface area (Å²) in [5.74, 6) is -0.693. The van der Waals surface area contributed by atoms with Crippen molar-refractivity contribution in [2.45, 2.75) is 44.2 Å². The van der Waals surface area contributed by atoms with E-state index in [-0.39, 0.29) is 12.0 Å². The maximum Gasteiger partial charge on any atom is 0.326 e. The van der Waals surface area contributed by atoms with Crippen LogP contribution >= 0.6 is 0 Å². The number of fused-ring (bicyclic) bond motifs is 1. The summed E-state index contributed by atoms with van der Waals surface area (Å²) in [5.41, 5.74) is 2.70. The summed E-state index contributed by atoms with van der Waals surface area (Å²) in [6.07, 6.45) is 3.52. The van der Waals surface area contributed by atoms with Gasteiger partial charge in [-0.25, -0.2) is 4.79 Å². The minimum atomic E-state index is -0.938. The molecule has 1 aromatic rings. The van der Waals surface area contributed by atoms with E-state index in [2.05, 4.69) is 18.2 Å². The Morgan fingerprint density at radius 3 is 2.74 bits per heavy atom. The van der Waals surface area contributed by atoms with E-state index in [0.717, 1.165) is 19.3 Å². The molecule has 0 radical (unpaired) electrons. The van der Waals surface area contributed by atoms with Crippen LogP contribution in [0.1, 0.15) is 30.4 Å². The van der Waals surface area contributed by atoms with Gasteiger partial charge in [-0.1, -0.05) is 24.3 Å². The SMILES string of the molecule is COC1CC(C(=O)O)N(C(=O)CC2CCc3ccccc3C2)C1. The average molecular weight is 317 g/mol. The normalized spacial score (nSPS) is 26.8. The highest BCUT2D eigenvalue weighted by Gasteiger charge is 2.40. The highest BCUT2D eigenvalue weighted by Crippen LogP contribution is 2.29. The molecule has 5 nitrogen and oxygen atoms in total. The first-order valence-electron chi connectivity index (χ1n) is 8.20. The molecule has 23 heavy (non-hydrogen) atoms. The monoisotopic (exact) mass is 317 g/mol. The molecular formula is C18H23NO4. The van der Waals surface area contributed by atoms with Gasteiger partial charge in [0, 0.05) is 26.5 Å². The molecule has 5 heteroatoms. The molecule has 0 aromatic heterocycles. The first kappa shape index (κ1) is 16.0. The van der Waals surface area contributed by atoms with Crippen LogP contribution in [0.25, 0.3) is 0 Å². The fourth-order valence-corrected chi connectivity index (χ4v) is 3.79. The zero-order valence-corrected chi connectivity index (χ0v) is 13.4. The van der Waals surface area contributed by atoms with E-state index in [1.54, 1.807) is 7.11 Å². The lowest BCUT2D eigenvalue weighted by molar-refractivity contribution is -0.148. The summed E-state index contributed by atoms with van der Waals surface area (Å²) in [6.45, 7) is 0.385. The third-order valence-corrected chi connectivity index (χ3v) is 5.11. The minimum absolute atomic E-state index is 0.0543. The van der Waals surface area contributed by atoms with Gasteiger partial charge in [0.2, 0.25) is 5.91 Å². The second-order valence-electron chi connectivity index (χ2n) is 6.58. The van der Waals surface area contributed by atoms with Gasteiger partial charge in [-0.15, -0.1) is 0 Å². The van der Waals surface area contributed by atoms with Crippen molar-refractivity contribution < 1.29 is 19.4 Å². The number of methoxy groups -OCH3 is 1. The molecule has 1 aromatic carbocycles. The van der Waals surface area contributed by atoms with Crippen molar-refractivity contribution in [3.8, 4) is 0 Å². The first-order chi connectivity index (χ1) is 11.1. The van der Waals surface area contributed by atoms with Crippen LogP contribution < -0.4 is 0 Å². The van der Waals surface area contributed by atoms with Crippen LogP contribution in [0.2, 0.25) is 0 Å². The van der Waals surface area contributed by atoms with Gasteiger partial charge in [-0.2, -0.15) is 0 Å². The largest absolute Gasteiger partial charge is 0.480 e. The molecule has 0 saturated carbocycles. The molecule has 3 unspecified atom stereocenters. The Labute approximate surface area is 136 Å². The quantitative estimate of drug-likeness (QED) is 0.921. The number of benzene rings is 1. The molecule has 1 aliphatic heterocycles. The Kier molecular flexibility index (Phi) is 4.66. The summed E-state index contributed by atoms with van der Waals surface area (Å²) >= 11 is 0. The number of carbonyl (C=O) groups is 2. The Hall–Kier alpha value is -1.88. The van der Waals surface area contributed by atoms with Crippen molar-refractivity contribution >= 4 is 11.9 Å². The number of hydrogen-bond acceptors (Lipinski definition) is 3. The highest BCUT2D eigenvalue weighted by atomic mass is 16.5. The maximum atomic E-state index is 12.6. The van der Waals surface area contributed by atoms with Crippen molar-refractivity contribution in [3.63, 3.8) is 0 Å². The van der Waals surface area contributed by atoms with Crippen molar-refractivity contribution in [1.29, 1.82) is 0 Å². The van der Waals surface area contributed by atoms with Crippen LogP contribution in [-0.2, 0) is 27.2 Å². The predicted octanol–water partition coefficient (Wildman–Crippen LogP) is 1.88. The van der Waals surface area contributed by atoms with Crippen LogP contribution in [-0.4, -0.2) is 47.7 Å². The molecule has 0 spiro atoms. The van der Waals surface area contributed by atoms with Gasteiger partial charge >= 0.3 is 5.97 Å². The van der Waals surface area contributed by atoms with Gasteiger partial charge in [0.25, 0.3) is 0 Å². The van der Waals surface area contributed by atoms with Crippen LogP contribution in [0, 0.1) is 5.92 Å². The standard InChI is InChI=1S/C18H23NO4/c1-23-15-10-16(18(21)22)19(11-15)17(20)9-12-6-7-13-4-2-3-5-14(13)8-12/h2-5,12,15-16H,6-11H2,1H3,(H,21,22). The molecule has 1 saturated heterocycles. The van der Waals surface area contributed by atoms with E-state index in [0.29, 0.717) is 25.3 Å². The van der Waals surface area contributed by atoms with Crippen LogP contribution in [0.4, 0.5) is 0 Å². The minimum Gasteiger partial charge on any atom is -0.480 e. The van der Waals surface area contributed by atoms with E-state index in [4.69, 9.17) is 4.74 Å². The number of carboxylic acids is 1. The molecule has 2 aliphatic rings. The Morgan fingerprint density at radius 2 is 2.04 bits per heavy atom. The number of nitrogens with zero attached hydrogens (tertiary/aromatic N) is 1. The van der Waals surface area contributed by atoms with Crippen LogP contribution in [0.5, 0.6) is 0 Å². The second kappa shape index (κ2) is 6.71. The lowest BCUT2D eigenvalue weighted by Crippen LogP contribution is -2.41. The molecule has 1 amide bonds. The Bertz CT molecular complexity index is 600. The van der Waals surface area contributed by atoms with E-state index < -0.39 is 12.0 Å². The molecule has 0 bridgehead atoms. The maximum absolute atomic E-state index is 12.6. The number of aliphatic carboxylic acids is 1. The van der Waals surface area contributed by atoms with Crippen molar-refractivity contribution in [2.75, 3.05) is 13.7 Å². The molecule has 1 N–H and O–H groups in total. The lowest BCUT2D eigenvalue weighted by atomic mass is 9.82. The van der Waals surface area contributed by atoms with E-state index in [1.807, 2.05) is 6.07 Å². The van der Waals surface area contributed by atoms with Gasteiger partial charge in [-0.3, -0.25) is 4.79 Å². The number of amides is 1. The third-order valence-electron chi connectivity index (χ3n) is 5.11. The van der Waals surface area contributed by atoms with Gasteiger partial charge in [0.1, 0.15) is 6.04 Å². The second-order valence-corrected chi connectivity index (χ2v) is 6.58. The van der Waals surface area contributed by atoms with E-state index >= 15 is 0 Å². The van der Waals surface area contributed by atoms with Crippen molar-refractivity contribution in [3.05, 3.63) is 35.4 Å². The average Bonchev–Trinajstić information content (AvgIpc) is 2.99. The van der Waals surface area contributed by atoms with E-state index in [9.17, 15) is 14.7 Å². The summed E-state index contributed by atoms with van der Waals surface area (Å²) in [6, 6.07) is 7.62. The molecule has 1 heterocycles. The smallest absolute Gasteiger partial charge is 0.326 e. The number of rotatable bonds is 4. The van der Waals surface area contributed by atoms with Crippen molar-refractivity contribution in [2.24, 2.45) is 5.92 Å². The number of ether oxygens (including phenoxy) is 1. The molecule has 1 fully saturated rings. The van der Waals surface area contributed by atoms with Crippen molar-refractivity contribution in [1.82, 2.24) is 4.90 Å². The summed E-state index contributed by atoms with van der Waals surface area (Å²) < 4.78 is 5.25. The third kappa shape index (κ3) is 3.39. The summed E-state index contributed by atoms with van der Waals surface area (Å²) in [5, 5.41) is 9.33. The molecule has 3 atom stereocenters. The highest BCUT2D eigenvalue weighted by molar-refractivity contribution is 5.84. The first-order valence-corrected chi connectivity index (χ1v) is 8.20. The van der Waals surface area contributed by atoms with Gasteiger partial charge in [0.15, 0.2) is 0 Å². The number of carboxylic acid groups (broad SMARTS) is 1. The summed E-state index contributed by atoms with van der Waals surface area (Å²) in [7, 11) is 1.57. The number of aryl methyl sites for hydroxylation is 1. The molecule has 1 aliphatic carbocycles. The topological polar surface area (TPSA) is 66.8 Å². The lowest BCUT2D eigenvalue weighted by Gasteiger charge is -2.27. The Balaban J connectivity index is 1.64. The zero-order chi connectivity index (χ0) is 16.4. The fraction of sp³-hybridized carbons (Fsp3) is 0.556. The fourth-order valence-electron chi connectivity index (χ4n) is 3.79. The van der Waals surface area contributed by atoms with Gasteiger partial charge < -0.3 is 14.7 Å². The van der Waals surface area contributed by atoms with Gasteiger partial charge in [-0.05, 0) is 36.3 Å². The number of hydrogen-bond donors (Lipinski definition) is 1. The Morgan fingerprint density at radius 1 is 1.30 bits per heavy atom. The van der Waals surface area contributed by atoms with E-state index in [1.165, 1.54) is 16.0 Å². The molecule has 3 rings (SSSR count).